The van der Waals surface area contributed by atoms with Gasteiger partial charge in [-0.1, -0.05) is 35.3 Å². The van der Waals surface area contributed by atoms with Gasteiger partial charge in [-0.2, -0.15) is 0 Å². The number of hydrogen-bond acceptors (Lipinski definition) is 4. The predicted octanol–water partition coefficient (Wildman–Crippen LogP) is 4.82. The molecule has 8 heteroatoms. The zero-order valence-corrected chi connectivity index (χ0v) is 14.8. The van der Waals surface area contributed by atoms with Crippen LogP contribution in [0.2, 0.25) is 10.0 Å². The Morgan fingerprint density at radius 3 is 2.50 bits per heavy atom. The molecule has 0 saturated heterocycles. The minimum absolute atomic E-state index is 0.0311. The second-order valence-corrected chi connectivity index (χ2v) is 6.43. The van der Waals surface area contributed by atoms with Crippen LogP contribution in [0.15, 0.2) is 55.0 Å². The second-order valence-electron chi connectivity index (χ2n) is 5.58. The summed E-state index contributed by atoms with van der Waals surface area (Å²) in [6, 6.07) is 11.9. The van der Waals surface area contributed by atoms with Crippen molar-refractivity contribution < 1.29 is 4.39 Å². The molecule has 130 valence electrons. The zero-order chi connectivity index (χ0) is 18.3. The first-order valence-electron chi connectivity index (χ1n) is 7.62. The highest BCUT2D eigenvalue weighted by atomic mass is 35.5. The maximum absolute atomic E-state index is 13.5. The number of nitrogens with two attached hydrogens (primary N) is 1. The third-order valence-electron chi connectivity index (χ3n) is 4.06. The number of fused-ring (bicyclic) bond motifs is 1. The average molecular weight is 388 g/mol. The van der Waals surface area contributed by atoms with Gasteiger partial charge >= 0.3 is 0 Å². The Balaban J connectivity index is 2.03. The second kappa shape index (κ2) is 6.57. The molecule has 0 atom stereocenters. The third kappa shape index (κ3) is 2.78. The lowest BCUT2D eigenvalue weighted by Gasteiger charge is -2.06. The van der Waals surface area contributed by atoms with Crippen LogP contribution in [0.4, 0.5) is 10.2 Å². The fourth-order valence-corrected chi connectivity index (χ4v) is 3.15. The van der Waals surface area contributed by atoms with Crippen LogP contribution in [0.3, 0.4) is 0 Å². The van der Waals surface area contributed by atoms with Gasteiger partial charge in [-0.3, -0.25) is 0 Å². The van der Waals surface area contributed by atoms with Crippen LogP contribution in [0.1, 0.15) is 0 Å². The third-order valence-corrected chi connectivity index (χ3v) is 4.60. The highest BCUT2D eigenvalue weighted by Crippen LogP contribution is 2.35. The van der Waals surface area contributed by atoms with E-state index in [1.165, 1.54) is 12.4 Å². The number of hydrogen-bond donors (Lipinski definition) is 2. The van der Waals surface area contributed by atoms with Crippen molar-refractivity contribution in [2.45, 2.75) is 0 Å². The lowest BCUT2D eigenvalue weighted by molar-refractivity contribution is 0.628. The highest BCUT2D eigenvalue weighted by molar-refractivity contribution is 6.31. The van der Waals surface area contributed by atoms with E-state index in [9.17, 15) is 4.39 Å². The van der Waals surface area contributed by atoms with Gasteiger partial charge in [0.2, 0.25) is 0 Å². The van der Waals surface area contributed by atoms with E-state index in [4.69, 9.17) is 29.0 Å². The van der Waals surface area contributed by atoms with Crippen LogP contribution < -0.4 is 11.3 Å². The van der Waals surface area contributed by atoms with Crippen LogP contribution in [-0.2, 0) is 0 Å². The smallest absolute Gasteiger partial charge is 0.153 e. The highest BCUT2D eigenvalue weighted by Gasteiger charge is 2.17. The first-order valence-corrected chi connectivity index (χ1v) is 8.38. The van der Waals surface area contributed by atoms with E-state index in [0.29, 0.717) is 22.2 Å². The molecular weight excluding hydrogens is 376 g/mol. The normalized spacial score (nSPS) is 11.1. The summed E-state index contributed by atoms with van der Waals surface area (Å²) in [5, 5.41) is 1.40. The van der Waals surface area contributed by atoms with E-state index in [-0.39, 0.29) is 5.02 Å². The van der Waals surface area contributed by atoms with E-state index in [2.05, 4.69) is 15.4 Å². The first kappa shape index (κ1) is 16.8. The summed E-state index contributed by atoms with van der Waals surface area (Å²) in [6.45, 7) is 0. The number of nitrogens with zero attached hydrogens (tertiary/aromatic N) is 3. The quantitative estimate of drug-likeness (QED) is 0.390. The molecule has 0 unspecified atom stereocenters. The topological polar surface area (TPSA) is 68.8 Å². The predicted molar refractivity (Wildman–Crippen MR) is 102 cm³/mol. The molecule has 26 heavy (non-hydrogen) atoms. The van der Waals surface area contributed by atoms with Gasteiger partial charge in [-0.15, -0.1) is 0 Å². The van der Waals surface area contributed by atoms with Crippen LogP contribution >= 0.6 is 23.2 Å². The lowest BCUT2D eigenvalue weighted by Crippen LogP contribution is -2.09. The summed E-state index contributed by atoms with van der Waals surface area (Å²) in [7, 11) is 0. The Labute approximate surface area is 158 Å². The van der Waals surface area contributed by atoms with Crippen molar-refractivity contribution in [3.63, 3.8) is 0 Å². The molecule has 2 aromatic carbocycles. The van der Waals surface area contributed by atoms with Crippen molar-refractivity contribution in [1.82, 2.24) is 14.5 Å². The van der Waals surface area contributed by atoms with E-state index in [1.54, 1.807) is 24.3 Å². The summed E-state index contributed by atoms with van der Waals surface area (Å²) >= 11 is 11.9. The summed E-state index contributed by atoms with van der Waals surface area (Å²) < 4.78 is 15.4. The Hall–Kier alpha value is -2.67. The van der Waals surface area contributed by atoms with Gasteiger partial charge in [0, 0.05) is 22.5 Å². The van der Waals surface area contributed by atoms with Crippen molar-refractivity contribution >= 4 is 40.1 Å². The van der Waals surface area contributed by atoms with E-state index >= 15 is 0 Å². The summed E-state index contributed by atoms with van der Waals surface area (Å²) in [5.41, 5.74) is 5.65. The monoisotopic (exact) mass is 387 g/mol. The molecule has 5 nitrogen and oxygen atoms in total. The number of nitrogens with one attached hydrogen (secondary N) is 1. The molecule has 0 aliphatic heterocycles. The van der Waals surface area contributed by atoms with Crippen molar-refractivity contribution in [1.29, 1.82) is 0 Å². The largest absolute Gasteiger partial charge is 0.308 e. The fourth-order valence-electron chi connectivity index (χ4n) is 2.85. The van der Waals surface area contributed by atoms with Gasteiger partial charge in [0.15, 0.2) is 11.5 Å². The summed E-state index contributed by atoms with van der Waals surface area (Å²) in [5.74, 6) is 5.63. The van der Waals surface area contributed by atoms with Crippen molar-refractivity contribution in [3.8, 4) is 16.8 Å². The Morgan fingerprint density at radius 2 is 1.81 bits per heavy atom. The maximum atomic E-state index is 13.5. The number of aromatic nitrogens is 3. The zero-order valence-electron chi connectivity index (χ0n) is 13.2. The van der Waals surface area contributed by atoms with E-state index in [1.807, 2.05) is 22.9 Å². The van der Waals surface area contributed by atoms with Crippen molar-refractivity contribution in [2.24, 2.45) is 5.84 Å². The summed E-state index contributed by atoms with van der Waals surface area (Å²) in [6.07, 6.45) is 3.29. The standard InChI is InChI=1S/C18H12Cl2FN5/c19-11-3-1-10(2-4-11)13-8-26(12-5-6-15(21)14(20)7-12)18-16(13)17(25-22)23-9-24-18/h1-9H,22H2,(H,23,24,25). The molecule has 0 spiro atoms. The molecular formula is C18H12Cl2FN5. The minimum Gasteiger partial charge on any atom is -0.308 e. The van der Waals surface area contributed by atoms with Gasteiger partial charge in [0.05, 0.1) is 10.4 Å². The SMILES string of the molecule is NNc1ncnc2c1c(-c1ccc(Cl)cc1)cn2-c1ccc(F)c(Cl)c1. The molecule has 0 fully saturated rings. The van der Waals surface area contributed by atoms with E-state index < -0.39 is 5.82 Å². The number of hydrazine groups is 1. The van der Waals surface area contributed by atoms with Crippen LogP contribution in [-0.4, -0.2) is 14.5 Å². The Kier molecular flexibility index (Phi) is 4.24. The molecule has 2 aromatic heterocycles. The molecule has 0 aliphatic rings. The lowest BCUT2D eigenvalue weighted by atomic mass is 10.1. The number of rotatable bonds is 3. The van der Waals surface area contributed by atoms with E-state index in [0.717, 1.165) is 16.5 Å². The van der Waals surface area contributed by atoms with Gasteiger partial charge in [-0.05, 0) is 35.9 Å². The molecule has 0 amide bonds. The molecule has 0 bridgehead atoms. The Bertz CT molecular complexity index is 1110. The van der Waals surface area contributed by atoms with Crippen LogP contribution in [0, 0.1) is 5.82 Å². The fraction of sp³-hybridized carbons (Fsp3) is 0. The molecule has 0 saturated carbocycles. The number of anilines is 1. The number of nitrogen functional groups attached to an aromatic ring is 1. The van der Waals surface area contributed by atoms with Gasteiger partial charge < -0.3 is 9.99 Å². The van der Waals surface area contributed by atoms with Gasteiger partial charge in [0.25, 0.3) is 0 Å². The van der Waals surface area contributed by atoms with Gasteiger partial charge in [-0.25, -0.2) is 20.2 Å². The molecule has 0 radical (unpaired) electrons. The van der Waals surface area contributed by atoms with Crippen LogP contribution in [0.5, 0.6) is 0 Å². The van der Waals surface area contributed by atoms with Crippen LogP contribution in [0.25, 0.3) is 27.8 Å². The molecule has 4 aromatic rings. The van der Waals surface area contributed by atoms with Crippen molar-refractivity contribution in [2.75, 3.05) is 5.43 Å². The Morgan fingerprint density at radius 1 is 1.04 bits per heavy atom. The summed E-state index contributed by atoms with van der Waals surface area (Å²) in [4.78, 5) is 8.57. The maximum Gasteiger partial charge on any atom is 0.153 e. The molecule has 4 rings (SSSR count). The first-order chi connectivity index (χ1) is 12.6. The average Bonchev–Trinajstić information content (AvgIpc) is 3.04. The number of benzene rings is 2. The molecule has 0 aliphatic carbocycles. The van der Waals surface area contributed by atoms with Gasteiger partial charge in [0.1, 0.15) is 12.1 Å². The minimum atomic E-state index is -0.483. The molecule has 2 heterocycles. The van der Waals surface area contributed by atoms with Crippen molar-refractivity contribution in [3.05, 3.63) is 70.9 Å². The molecule has 3 N–H and O–H groups in total. The number of halogens is 3.